The van der Waals surface area contributed by atoms with Crippen molar-refractivity contribution in [3.05, 3.63) is 64.3 Å². The molecule has 1 aliphatic heterocycles. The van der Waals surface area contributed by atoms with E-state index in [1.807, 2.05) is 22.9 Å². The summed E-state index contributed by atoms with van der Waals surface area (Å²) in [6.45, 7) is 0.0568. The third-order valence-corrected chi connectivity index (χ3v) is 6.77. The number of anilines is 1. The number of hydrogen-bond donors (Lipinski definition) is 1. The van der Waals surface area contributed by atoms with Gasteiger partial charge in [0.05, 0.1) is 11.4 Å². The molecular formula is C24H24N4O2S. The number of thiazole rings is 1. The van der Waals surface area contributed by atoms with Crippen molar-refractivity contribution in [2.75, 3.05) is 19.0 Å². The van der Waals surface area contributed by atoms with Crippen LogP contribution in [0.5, 0.6) is 5.75 Å². The lowest BCUT2D eigenvalue weighted by atomic mass is 9.83. The minimum Gasteiger partial charge on any atom is -0.482 e. The third kappa shape index (κ3) is 4.05. The second-order valence-electron chi connectivity index (χ2n) is 7.84. The molecule has 7 heteroatoms. The molecule has 0 radical (unpaired) electrons. The van der Waals surface area contributed by atoms with Crippen LogP contribution < -0.4 is 14.9 Å². The van der Waals surface area contributed by atoms with Gasteiger partial charge >= 0.3 is 0 Å². The fourth-order valence-corrected chi connectivity index (χ4v) is 5.04. The minimum atomic E-state index is -0.137. The second kappa shape index (κ2) is 8.51. The van der Waals surface area contributed by atoms with Crippen LogP contribution in [-0.4, -0.2) is 29.9 Å². The Kier molecular flexibility index (Phi) is 5.42. The van der Waals surface area contributed by atoms with E-state index in [1.54, 1.807) is 18.4 Å². The number of aromatic nitrogens is 1. The number of nitrogens with zero attached hydrogens (tertiary/aromatic N) is 3. The van der Waals surface area contributed by atoms with Gasteiger partial charge in [-0.2, -0.15) is 5.10 Å². The SMILES string of the molecule is CN=c1scc(-c2ccc3c(c2)NC(=O)CO3)n1N=C1CCC(c2ccccc2)CC1. The van der Waals surface area contributed by atoms with Gasteiger partial charge in [0.15, 0.2) is 6.61 Å². The molecule has 1 aromatic heterocycles. The molecule has 1 aliphatic carbocycles. The van der Waals surface area contributed by atoms with E-state index >= 15 is 0 Å². The number of nitrogens with one attached hydrogen (secondary N) is 1. The lowest BCUT2D eigenvalue weighted by molar-refractivity contribution is -0.118. The van der Waals surface area contributed by atoms with Gasteiger partial charge in [0.1, 0.15) is 5.75 Å². The molecule has 0 bridgehead atoms. The number of carbonyl (C=O) groups is 1. The Morgan fingerprint density at radius 3 is 2.71 bits per heavy atom. The molecule has 1 amide bonds. The molecule has 2 aromatic carbocycles. The number of ether oxygens (including phenoxy) is 1. The summed E-state index contributed by atoms with van der Waals surface area (Å²) in [6, 6.07) is 16.6. The molecule has 0 atom stereocenters. The zero-order chi connectivity index (χ0) is 21.2. The molecule has 5 rings (SSSR count). The molecular weight excluding hydrogens is 408 g/mol. The van der Waals surface area contributed by atoms with Gasteiger partial charge in [-0.25, -0.2) is 4.68 Å². The summed E-state index contributed by atoms with van der Waals surface area (Å²) in [7, 11) is 1.79. The molecule has 158 valence electrons. The lowest BCUT2D eigenvalue weighted by Gasteiger charge is -2.23. The Bertz CT molecular complexity index is 1200. The van der Waals surface area contributed by atoms with E-state index < -0.39 is 0 Å². The van der Waals surface area contributed by atoms with Crippen molar-refractivity contribution < 1.29 is 9.53 Å². The minimum absolute atomic E-state index is 0.0568. The maximum atomic E-state index is 11.7. The topological polar surface area (TPSA) is 68.0 Å². The monoisotopic (exact) mass is 432 g/mol. The predicted octanol–water partition coefficient (Wildman–Crippen LogP) is 4.64. The highest BCUT2D eigenvalue weighted by Gasteiger charge is 2.21. The second-order valence-corrected chi connectivity index (χ2v) is 8.67. The van der Waals surface area contributed by atoms with Crippen LogP contribution in [0, 0.1) is 0 Å². The van der Waals surface area contributed by atoms with Gasteiger partial charge in [-0.05, 0) is 55.4 Å². The summed E-state index contributed by atoms with van der Waals surface area (Å²) < 4.78 is 7.43. The summed E-state index contributed by atoms with van der Waals surface area (Å²) >= 11 is 1.57. The number of carbonyl (C=O) groups excluding carboxylic acids is 1. The number of amides is 1. The van der Waals surface area contributed by atoms with Crippen LogP contribution in [0.4, 0.5) is 5.69 Å². The molecule has 31 heavy (non-hydrogen) atoms. The molecule has 3 aromatic rings. The van der Waals surface area contributed by atoms with Crippen molar-refractivity contribution in [1.82, 2.24) is 4.68 Å². The molecule has 2 heterocycles. The molecule has 0 unspecified atom stereocenters. The van der Waals surface area contributed by atoms with Gasteiger partial charge in [-0.3, -0.25) is 9.79 Å². The zero-order valence-corrected chi connectivity index (χ0v) is 18.2. The van der Waals surface area contributed by atoms with Gasteiger partial charge in [0, 0.05) is 23.7 Å². The van der Waals surface area contributed by atoms with E-state index in [1.165, 1.54) is 11.3 Å². The van der Waals surface area contributed by atoms with Gasteiger partial charge < -0.3 is 10.1 Å². The molecule has 6 nitrogen and oxygen atoms in total. The van der Waals surface area contributed by atoms with E-state index in [4.69, 9.17) is 9.84 Å². The third-order valence-electron chi connectivity index (χ3n) is 5.86. The fraction of sp³-hybridized carbons (Fsp3) is 0.292. The van der Waals surface area contributed by atoms with Crippen LogP contribution in [0.25, 0.3) is 11.3 Å². The molecule has 1 N–H and O–H groups in total. The van der Waals surface area contributed by atoms with Crippen molar-refractivity contribution in [3.63, 3.8) is 0 Å². The summed E-state index contributed by atoms with van der Waals surface area (Å²) in [4.78, 5) is 17.0. The first-order valence-electron chi connectivity index (χ1n) is 10.5. The molecule has 0 spiro atoms. The highest BCUT2D eigenvalue weighted by atomic mass is 32.1. The predicted molar refractivity (Wildman–Crippen MR) is 124 cm³/mol. The normalized spacial score (nSPS) is 18.9. The number of benzene rings is 2. The summed E-state index contributed by atoms with van der Waals surface area (Å²) in [5.41, 5.74) is 5.26. The first-order valence-corrected chi connectivity index (χ1v) is 11.4. The maximum absolute atomic E-state index is 11.7. The van der Waals surface area contributed by atoms with Crippen molar-refractivity contribution in [1.29, 1.82) is 0 Å². The van der Waals surface area contributed by atoms with E-state index in [0.29, 0.717) is 17.4 Å². The molecule has 0 saturated heterocycles. The maximum Gasteiger partial charge on any atom is 0.262 e. The first-order chi connectivity index (χ1) is 15.2. The smallest absolute Gasteiger partial charge is 0.262 e. The van der Waals surface area contributed by atoms with Gasteiger partial charge in [0.2, 0.25) is 4.80 Å². The largest absolute Gasteiger partial charge is 0.482 e. The van der Waals surface area contributed by atoms with Gasteiger partial charge in [-0.1, -0.05) is 30.3 Å². The molecule has 1 saturated carbocycles. The lowest BCUT2D eigenvalue weighted by Crippen LogP contribution is -2.25. The van der Waals surface area contributed by atoms with Crippen LogP contribution in [0.1, 0.15) is 37.2 Å². The van der Waals surface area contributed by atoms with E-state index in [9.17, 15) is 4.79 Å². The Morgan fingerprint density at radius 2 is 1.94 bits per heavy atom. The van der Waals surface area contributed by atoms with Crippen molar-refractivity contribution >= 4 is 28.6 Å². The highest BCUT2D eigenvalue weighted by Crippen LogP contribution is 2.34. The van der Waals surface area contributed by atoms with Crippen molar-refractivity contribution in [2.45, 2.75) is 31.6 Å². The van der Waals surface area contributed by atoms with Crippen LogP contribution in [-0.2, 0) is 4.79 Å². The van der Waals surface area contributed by atoms with E-state index in [2.05, 4.69) is 46.0 Å². The summed E-state index contributed by atoms with van der Waals surface area (Å²) in [5.74, 6) is 1.16. The number of hydrogen-bond acceptors (Lipinski definition) is 5. The average Bonchev–Trinajstić information content (AvgIpc) is 3.22. The Balaban J connectivity index is 1.43. The molecule has 1 fully saturated rings. The van der Waals surface area contributed by atoms with Crippen molar-refractivity contribution in [3.8, 4) is 17.0 Å². The molecule has 2 aliphatic rings. The van der Waals surface area contributed by atoms with Gasteiger partial charge in [0.25, 0.3) is 5.91 Å². The van der Waals surface area contributed by atoms with Crippen LogP contribution in [0.2, 0.25) is 0 Å². The van der Waals surface area contributed by atoms with Gasteiger partial charge in [-0.15, -0.1) is 11.3 Å². The summed E-state index contributed by atoms with van der Waals surface area (Å²) in [5, 5.41) is 9.96. The van der Waals surface area contributed by atoms with Crippen LogP contribution in [0.3, 0.4) is 0 Å². The zero-order valence-electron chi connectivity index (χ0n) is 17.4. The average molecular weight is 433 g/mol. The van der Waals surface area contributed by atoms with E-state index in [-0.39, 0.29) is 12.5 Å². The highest BCUT2D eigenvalue weighted by molar-refractivity contribution is 7.07. The first kappa shape index (κ1) is 19.8. The number of fused-ring (bicyclic) bond motifs is 1. The Hall–Kier alpha value is -3.19. The standard InChI is InChI=1S/C24H24N4O2S/c1-25-24-28(27-19-10-7-17(8-11-19)16-5-3-2-4-6-16)21(15-31-24)18-9-12-22-20(13-18)26-23(29)14-30-22/h2-6,9,12-13,15,17H,7-8,10-11,14H2,1H3,(H,26,29). The van der Waals surface area contributed by atoms with Crippen LogP contribution in [0.15, 0.2) is 64.0 Å². The Morgan fingerprint density at radius 1 is 1.13 bits per heavy atom. The van der Waals surface area contributed by atoms with E-state index in [0.717, 1.165) is 41.7 Å². The fourth-order valence-electron chi connectivity index (χ4n) is 4.24. The summed E-state index contributed by atoms with van der Waals surface area (Å²) in [6.07, 6.45) is 4.20. The van der Waals surface area contributed by atoms with Crippen LogP contribution >= 0.6 is 11.3 Å². The Labute approximate surface area is 184 Å². The van der Waals surface area contributed by atoms with Crippen molar-refractivity contribution in [2.24, 2.45) is 10.1 Å². The number of rotatable bonds is 3. The quantitative estimate of drug-likeness (QED) is 0.655.